The van der Waals surface area contributed by atoms with E-state index in [2.05, 4.69) is 5.10 Å². The molecular weight excluding hydrogens is 340 g/mol. The molecule has 0 saturated carbocycles. The number of hydrogen-bond donors (Lipinski definition) is 2. The number of aliphatic hydroxyl groups is 1. The van der Waals surface area contributed by atoms with Crippen LogP contribution in [0.3, 0.4) is 0 Å². The lowest BCUT2D eigenvalue weighted by atomic mass is 10.1. The van der Waals surface area contributed by atoms with E-state index in [1.165, 1.54) is 12.1 Å². The SMILES string of the molecule is Cc1cc(Cn2cc(C(O)C(F)(F)F)c(C(F)(F)F)n2)ccc1N. The van der Waals surface area contributed by atoms with E-state index < -0.39 is 29.7 Å². The van der Waals surface area contributed by atoms with Crippen molar-refractivity contribution in [2.24, 2.45) is 0 Å². The van der Waals surface area contributed by atoms with E-state index in [0.717, 1.165) is 0 Å². The Morgan fingerprint density at radius 2 is 1.83 bits per heavy atom. The summed E-state index contributed by atoms with van der Waals surface area (Å²) in [4.78, 5) is 0. The molecule has 2 rings (SSSR count). The van der Waals surface area contributed by atoms with Crippen molar-refractivity contribution < 1.29 is 31.4 Å². The minimum Gasteiger partial charge on any atom is -0.399 e. The monoisotopic (exact) mass is 353 g/mol. The van der Waals surface area contributed by atoms with Gasteiger partial charge < -0.3 is 10.8 Å². The topological polar surface area (TPSA) is 64.1 Å². The van der Waals surface area contributed by atoms with Crippen molar-refractivity contribution in [2.45, 2.75) is 31.9 Å². The minimum absolute atomic E-state index is 0.200. The van der Waals surface area contributed by atoms with Crippen LogP contribution in [0.25, 0.3) is 0 Å². The van der Waals surface area contributed by atoms with Gasteiger partial charge in [-0.2, -0.15) is 31.4 Å². The molecular formula is C14H13F6N3O. The molecule has 10 heteroatoms. The van der Waals surface area contributed by atoms with Crippen molar-refractivity contribution >= 4 is 5.69 Å². The third kappa shape index (κ3) is 3.81. The fourth-order valence-corrected chi connectivity index (χ4v) is 2.14. The van der Waals surface area contributed by atoms with E-state index in [0.29, 0.717) is 27.7 Å². The van der Waals surface area contributed by atoms with Gasteiger partial charge in [-0.3, -0.25) is 4.68 Å². The highest BCUT2D eigenvalue weighted by molar-refractivity contribution is 5.47. The molecule has 0 amide bonds. The molecule has 0 radical (unpaired) electrons. The molecule has 0 saturated heterocycles. The van der Waals surface area contributed by atoms with E-state index >= 15 is 0 Å². The first-order chi connectivity index (χ1) is 10.9. The molecule has 1 heterocycles. The molecule has 1 aromatic heterocycles. The summed E-state index contributed by atoms with van der Waals surface area (Å²) in [5.41, 5.74) is 4.18. The number of halogens is 6. The van der Waals surface area contributed by atoms with Crippen LogP contribution in [0, 0.1) is 6.92 Å². The van der Waals surface area contributed by atoms with Crippen LogP contribution in [0.4, 0.5) is 32.0 Å². The first kappa shape index (κ1) is 18.1. The number of alkyl halides is 6. The summed E-state index contributed by atoms with van der Waals surface area (Å²) in [5.74, 6) is 0. The molecule has 0 spiro atoms. The molecule has 1 unspecified atom stereocenters. The number of nitrogens with two attached hydrogens (primary N) is 1. The Kier molecular flexibility index (Phi) is 4.53. The number of aliphatic hydroxyl groups excluding tert-OH is 1. The van der Waals surface area contributed by atoms with Crippen LogP contribution in [-0.2, 0) is 12.7 Å². The summed E-state index contributed by atoms with van der Waals surface area (Å²) in [7, 11) is 0. The van der Waals surface area contributed by atoms with Crippen LogP contribution in [0.5, 0.6) is 0 Å². The Morgan fingerprint density at radius 3 is 2.33 bits per heavy atom. The van der Waals surface area contributed by atoms with Crippen molar-refractivity contribution in [3.8, 4) is 0 Å². The van der Waals surface area contributed by atoms with Gasteiger partial charge >= 0.3 is 12.4 Å². The Balaban J connectivity index is 2.42. The van der Waals surface area contributed by atoms with Gasteiger partial charge in [-0.25, -0.2) is 0 Å². The van der Waals surface area contributed by atoms with Crippen molar-refractivity contribution in [1.82, 2.24) is 9.78 Å². The highest BCUT2D eigenvalue weighted by atomic mass is 19.4. The number of anilines is 1. The third-order valence-corrected chi connectivity index (χ3v) is 3.34. The molecule has 24 heavy (non-hydrogen) atoms. The summed E-state index contributed by atoms with van der Waals surface area (Å²) in [5, 5.41) is 12.3. The Morgan fingerprint density at radius 1 is 1.21 bits per heavy atom. The van der Waals surface area contributed by atoms with Gasteiger partial charge in [0.15, 0.2) is 11.8 Å². The number of nitrogen functional groups attached to an aromatic ring is 1. The van der Waals surface area contributed by atoms with Crippen molar-refractivity contribution in [3.63, 3.8) is 0 Å². The van der Waals surface area contributed by atoms with Crippen molar-refractivity contribution in [1.29, 1.82) is 0 Å². The third-order valence-electron chi connectivity index (χ3n) is 3.34. The molecule has 1 atom stereocenters. The average molecular weight is 353 g/mol. The lowest BCUT2D eigenvalue weighted by Crippen LogP contribution is -2.23. The minimum atomic E-state index is -5.23. The summed E-state index contributed by atoms with van der Waals surface area (Å²) in [6, 6.07) is 4.64. The predicted octanol–water partition coefficient (Wildman–Crippen LogP) is 3.44. The van der Waals surface area contributed by atoms with Gasteiger partial charge in [0.05, 0.1) is 6.54 Å². The second kappa shape index (κ2) is 6.00. The van der Waals surface area contributed by atoms with E-state index in [1.54, 1.807) is 13.0 Å². The fraction of sp³-hybridized carbons (Fsp3) is 0.357. The molecule has 2 aromatic rings. The first-order valence-electron chi connectivity index (χ1n) is 6.64. The van der Waals surface area contributed by atoms with Gasteiger partial charge in [0.25, 0.3) is 0 Å². The normalized spacial score (nSPS) is 14.0. The van der Waals surface area contributed by atoms with Crippen LogP contribution in [0.15, 0.2) is 24.4 Å². The maximum absolute atomic E-state index is 12.9. The number of nitrogens with zero attached hydrogens (tertiary/aromatic N) is 2. The smallest absolute Gasteiger partial charge is 0.399 e. The second-order valence-corrected chi connectivity index (χ2v) is 5.26. The maximum atomic E-state index is 12.9. The zero-order valence-corrected chi connectivity index (χ0v) is 12.3. The number of aryl methyl sites for hydroxylation is 1. The Hall–Kier alpha value is -2.23. The van der Waals surface area contributed by atoms with Gasteiger partial charge in [0, 0.05) is 17.4 Å². The molecule has 0 aliphatic rings. The maximum Gasteiger partial charge on any atom is 0.435 e. The number of benzene rings is 1. The van der Waals surface area contributed by atoms with Crippen molar-refractivity contribution in [2.75, 3.05) is 5.73 Å². The summed E-state index contributed by atoms with van der Waals surface area (Å²) in [6.45, 7) is 1.48. The van der Waals surface area contributed by atoms with E-state index in [1.807, 2.05) is 0 Å². The van der Waals surface area contributed by atoms with Gasteiger partial charge in [0.1, 0.15) is 0 Å². The molecule has 3 N–H and O–H groups in total. The van der Waals surface area contributed by atoms with E-state index in [9.17, 15) is 26.3 Å². The number of aromatic nitrogens is 2. The molecule has 0 aliphatic heterocycles. The summed E-state index contributed by atoms with van der Waals surface area (Å²) in [6.07, 6.45) is -13.1. The van der Waals surface area contributed by atoms with Crippen LogP contribution in [0.2, 0.25) is 0 Å². The van der Waals surface area contributed by atoms with E-state index in [-0.39, 0.29) is 6.54 Å². The lowest BCUT2D eigenvalue weighted by molar-refractivity contribution is -0.209. The van der Waals surface area contributed by atoms with Crippen LogP contribution in [-0.4, -0.2) is 21.1 Å². The number of rotatable bonds is 3. The van der Waals surface area contributed by atoms with Crippen LogP contribution in [0.1, 0.15) is 28.5 Å². The standard InChI is InChI=1S/C14H13F6N3O/c1-7-4-8(2-3-10(7)21)5-23-6-9(12(24)14(18,19)20)11(22-23)13(15,16)17/h2-4,6,12,24H,5,21H2,1H3. The largest absolute Gasteiger partial charge is 0.435 e. The zero-order chi connectivity index (χ0) is 18.3. The highest BCUT2D eigenvalue weighted by Gasteiger charge is 2.47. The average Bonchev–Trinajstić information content (AvgIpc) is 2.85. The number of hydrogen-bond acceptors (Lipinski definition) is 3. The fourth-order valence-electron chi connectivity index (χ4n) is 2.14. The molecule has 0 aliphatic carbocycles. The van der Waals surface area contributed by atoms with Crippen LogP contribution >= 0.6 is 0 Å². The highest BCUT2D eigenvalue weighted by Crippen LogP contribution is 2.39. The predicted molar refractivity (Wildman–Crippen MR) is 72.9 cm³/mol. The molecule has 0 bridgehead atoms. The Labute approximate surface area is 132 Å². The molecule has 1 aromatic carbocycles. The molecule has 4 nitrogen and oxygen atoms in total. The molecule has 132 valence electrons. The first-order valence-corrected chi connectivity index (χ1v) is 6.64. The Bertz CT molecular complexity index is 735. The quantitative estimate of drug-likeness (QED) is 0.656. The van der Waals surface area contributed by atoms with Gasteiger partial charge in [-0.1, -0.05) is 12.1 Å². The van der Waals surface area contributed by atoms with E-state index in [4.69, 9.17) is 10.8 Å². The second-order valence-electron chi connectivity index (χ2n) is 5.26. The van der Waals surface area contributed by atoms with Crippen LogP contribution < -0.4 is 5.73 Å². The lowest BCUT2D eigenvalue weighted by Gasteiger charge is -2.15. The van der Waals surface area contributed by atoms with Gasteiger partial charge in [0.2, 0.25) is 0 Å². The van der Waals surface area contributed by atoms with Gasteiger partial charge in [-0.15, -0.1) is 0 Å². The summed E-state index contributed by atoms with van der Waals surface area (Å²) >= 11 is 0. The summed E-state index contributed by atoms with van der Waals surface area (Å²) < 4.78 is 77.1. The zero-order valence-electron chi connectivity index (χ0n) is 12.3. The van der Waals surface area contributed by atoms with Gasteiger partial charge in [-0.05, 0) is 24.1 Å². The van der Waals surface area contributed by atoms with Crippen molar-refractivity contribution in [3.05, 3.63) is 46.8 Å². The molecule has 0 fully saturated rings.